The molecule has 0 radical (unpaired) electrons. The van der Waals surface area contributed by atoms with Crippen molar-refractivity contribution in [1.82, 2.24) is 9.78 Å². The number of carbonyl (C=O) groups excluding carboxylic acids is 1. The van der Waals surface area contributed by atoms with Crippen LogP contribution in [0, 0.1) is 21.7 Å². The molecular weight excluding hydrogens is 322 g/mol. The van der Waals surface area contributed by atoms with E-state index >= 15 is 0 Å². The summed E-state index contributed by atoms with van der Waals surface area (Å²) in [6.07, 6.45) is 1.41. The van der Waals surface area contributed by atoms with Gasteiger partial charge in [-0.15, -0.1) is 0 Å². The first-order valence-corrected chi connectivity index (χ1v) is 7.28. The van der Waals surface area contributed by atoms with Crippen molar-refractivity contribution in [2.75, 3.05) is 5.32 Å². The Morgan fingerprint density at radius 1 is 1.33 bits per heavy atom. The van der Waals surface area contributed by atoms with Gasteiger partial charge in [-0.1, -0.05) is 6.07 Å². The zero-order valence-electron chi connectivity index (χ0n) is 12.9. The van der Waals surface area contributed by atoms with Gasteiger partial charge in [0.2, 0.25) is 0 Å². The van der Waals surface area contributed by atoms with Crippen LogP contribution in [-0.4, -0.2) is 26.7 Å². The summed E-state index contributed by atoms with van der Waals surface area (Å²) < 4.78 is 28.3. The molecule has 1 aromatic carbocycles. The highest BCUT2D eigenvalue weighted by molar-refractivity contribution is 5.97. The van der Waals surface area contributed by atoms with E-state index in [4.69, 9.17) is 0 Å². The number of nitrogens with one attached hydrogen (secondary N) is 1. The molecule has 0 spiro atoms. The summed E-state index contributed by atoms with van der Waals surface area (Å²) in [4.78, 5) is 22.9. The van der Waals surface area contributed by atoms with Gasteiger partial charge in [0, 0.05) is 16.5 Å². The summed E-state index contributed by atoms with van der Waals surface area (Å²) in [5, 5.41) is 18.1. The summed E-state index contributed by atoms with van der Waals surface area (Å²) in [6, 6.07) is 1.28. The number of anilines is 1. The third kappa shape index (κ3) is 2.41. The predicted molar refractivity (Wildman–Crippen MR) is 80.2 cm³/mol. The molecule has 1 amide bonds. The molecule has 0 unspecified atom stereocenters. The molecule has 24 heavy (non-hydrogen) atoms. The Hall–Kier alpha value is -2.84. The predicted octanol–water partition coefficient (Wildman–Crippen LogP) is 2.47. The minimum absolute atomic E-state index is 0.0909. The lowest BCUT2D eigenvalue weighted by Gasteiger charge is -2.27. The number of hydrogen-bond donors (Lipinski definition) is 1. The van der Waals surface area contributed by atoms with Crippen molar-refractivity contribution in [3.8, 4) is 0 Å². The van der Waals surface area contributed by atoms with Crippen molar-refractivity contribution < 1.29 is 18.5 Å². The van der Waals surface area contributed by atoms with E-state index in [1.165, 1.54) is 16.9 Å². The Labute approximate surface area is 135 Å². The topological polar surface area (TPSA) is 90.1 Å². The number of benzene rings is 1. The number of amides is 1. The van der Waals surface area contributed by atoms with Crippen LogP contribution >= 0.6 is 0 Å². The molecule has 0 saturated carbocycles. The molecule has 0 bridgehead atoms. The molecule has 0 aliphatic carbocycles. The maximum Gasteiger partial charge on any atom is 0.301 e. The number of fused-ring (bicyclic) bond motifs is 1. The molecule has 2 aromatic rings. The molecule has 0 fully saturated rings. The maximum atomic E-state index is 13.6. The molecular formula is C15H14F2N4O3. The zero-order valence-corrected chi connectivity index (χ0v) is 12.9. The molecule has 3 rings (SSSR count). The molecule has 0 saturated heterocycles. The van der Waals surface area contributed by atoms with Crippen LogP contribution in [0.3, 0.4) is 0 Å². The van der Waals surface area contributed by atoms with Gasteiger partial charge in [0.05, 0.1) is 12.1 Å². The first-order valence-electron chi connectivity index (χ1n) is 7.28. The summed E-state index contributed by atoms with van der Waals surface area (Å²) >= 11 is 0. The van der Waals surface area contributed by atoms with Gasteiger partial charge in [-0.25, -0.2) is 13.5 Å². The Morgan fingerprint density at radius 3 is 2.62 bits per heavy atom. The largest absolute Gasteiger partial charge is 0.305 e. The van der Waals surface area contributed by atoms with Gasteiger partial charge >= 0.3 is 11.9 Å². The molecule has 9 heteroatoms. The molecule has 1 aliphatic rings. The second kappa shape index (κ2) is 5.66. The van der Waals surface area contributed by atoms with Crippen LogP contribution in [-0.2, 0) is 4.79 Å². The Balaban J connectivity index is 2.21. The van der Waals surface area contributed by atoms with Crippen LogP contribution in [0.2, 0.25) is 0 Å². The van der Waals surface area contributed by atoms with Gasteiger partial charge in [-0.3, -0.25) is 14.9 Å². The van der Waals surface area contributed by atoms with E-state index in [2.05, 4.69) is 10.4 Å². The van der Waals surface area contributed by atoms with E-state index in [0.29, 0.717) is 11.4 Å². The van der Waals surface area contributed by atoms with Gasteiger partial charge < -0.3 is 5.32 Å². The lowest BCUT2D eigenvalue weighted by atomic mass is 9.83. The number of halogens is 2. The van der Waals surface area contributed by atoms with Crippen molar-refractivity contribution in [2.24, 2.45) is 0 Å². The molecule has 7 nitrogen and oxygen atoms in total. The fourth-order valence-corrected chi connectivity index (χ4v) is 2.92. The smallest absolute Gasteiger partial charge is 0.301 e. The summed E-state index contributed by atoms with van der Waals surface area (Å²) in [6.45, 7) is 3.68. The molecule has 1 aliphatic heterocycles. The van der Waals surface area contributed by atoms with Crippen molar-refractivity contribution in [3.05, 3.63) is 57.3 Å². The summed E-state index contributed by atoms with van der Waals surface area (Å²) in [5.41, 5.74) is 0.547. The Bertz CT molecular complexity index is 834. The van der Waals surface area contributed by atoms with E-state index in [-0.39, 0.29) is 11.6 Å². The summed E-state index contributed by atoms with van der Waals surface area (Å²) in [5.74, 6) is -3.72. The lowest BCUT2D eigenvalue weighted by molar-refractivity contribution is -0.509. The first kappa shape index (κ1) is 16.0. The van der Waals surface area contributed by atoms with Crippen molar-refractivity contribution in [1.29, 1.82) is 0 Å². The van der Waals surface area contributed by atoms with E-state index in [0.717, 1.165) is 12.1 Å². The Kier molecular flexibility index (Phi) is 3.78. The second-order valence-corrected chi connectivity index (χ2v) is 5.86. The fraction of sp³-hybridized carbons (Fsp3) is 0.333. The second-order valence-electron chi connectivity index (χ2n) is 5.86. The molecule has 2 heterocycles. The fourth-order valence-electron chi connectivity index (χ4n) is 2.92. The lowest BCUT2D eigenvalue weighted by Crippen LogP contribution is -2.44. The van der Waals surface area contributed by atoms with Gasteiger partial charge in [0.25, 0.3) is 0 Å². The first-order chi connectivity index (χ1) is 11.3. The molecule has 2 atom stereocenters. The van der Waals surface area contributed by atoms with Crippen molar-refractivity contribution in [2.45, 2.75) is 31.8 Å². The SMILES string of the molecule is CC(C)n1ncc2c1NC(=O)[C@H]([N+](=O)[O-])[C@H]2c1ccc(F)c(F)c1. The highest BCUT2D eigenvalue weighted by atomic mass is 19.2. The van der Waals surface area contributed by atoms with Crippen LogP contribution in [0.4, 0.5) is 14.6 Å². The number of nitro groups is 1. The third-order valence-corrected chi connectivity index (χ3v) is 4.00. The van der Waals surface area contributed by atoms with Gasteiger partial charge in [-0.2, -0.15) is 5.10 Å². The zero-order chi connectivity index (χ0) is 17.6. The number of carbonyl (C=O) groups is 1. The normalized spacial score (nSPS) is 20.0. The number of hydrogen-bond acceptors (Lipinski definition) is 4. The van der Waals surface area contributed by atoms with Crippen LogP contribution in [0.15, 0.2) is 24.4 Å². The van der Waals surface area contributed by atoms with E-state index in [1.807, 2.05) is 13.8 Å². The van der Waals surface area contributed by atoms with Crippen LogP contribution < -0.4 is 5.32 Å². The van der Waals surface area contributed by atoms with Gasteiger partial charge in [0.1, 0.15) is 5.82 Å². The van der Waals surface area contributed by atoms with Gasteiger partial charge in [-0.05, 0) is 31.5 Å². The van der Waals surface area contributed by atoms with E-state index in [9.17, 15) is 23.7 Å². The van der Waals surface area contributed by atoms with Gasteiger partial charge in [0.15, 0.2) is 11.6 Å². The number of nitrogens with zero attached hydrogens (tertiary/aromatic N) is 3. The van der Waals surface area contributed by atoms with E-state index < -0.39 is 34.4 Å². The average molecular weight is 336 g/mol. The highest BCUT2D eigenvalue weighted by Crippen LogP contribution is 2.39. The number of aromatic nitrogens is 2. The average Bonchev–Trinajstić information content (AvgIpc) is 2.91. The minimum Gasteiger partial charge on any atom is -0.305 e. The molecule has 1 aromatic heterocycles. The van der Waals surface area contributed by atoms with Crippen molar-refractivity contribution in [3.63, 3.8) is 0 Å². The van der Waals surface area contributed by atoms with Crippen LogP contribution in [0.25, 0.3) is 0 Å². The standard InChI is InChI=1S/C15H14F2N4O3/c1-7(2)20-14-9(6-18-20)12(13(21(23)24)15(22)19-14)8-3-4-10(16)11(17)5-8/h3-7,12-13H,1-2H3,(H,19,22)/t12-,13+/m0/s1. The van der Waals surface area contributed by atoms with Crippen LogP contribution in [0.5, 0.6) is 0 Å². The summed E-state index contributed by atoms with van der Waals surface area (Å²) in [7, 11) is 0. The van der Waals surface area contributed by atoms with Crippen LogP contribution in [0.1, 0.15) is 36.9 Å². The number of rotatable bonds is 3. The highest BCUT2D eigenvalue weighted by Gasteiger charge is 2.47. The molecule has 1 N–H and O–H groups in total. The maximum absolute atomic E-state index is 13.6. The minimum atomic E-state index is -1.65. The third-order valence-electron chi connectivity index (χ3n) is 4.00. The Morgan fingerprint density at radius 2 is 2.04 bits per heavy atom. The van der Waals surface area contributed by atoms with E-state index in [1.54, 1.807) is 0 Å². The van der Waals surface area contributed by atoms with Crippen molar-refractivity contribution >= 4 is 11.7 Å². The quantitative estimate of drug-likeness (QED) is 0.689. The molecule has 126 valence electrons. The monoisotopic (exact) mass is 336 g/mol.